The van der Waals surface area contributed by atoms with Gasteiger partial charge < -0.3 is 5.32 Å². The smallest absolute Gasteiger partial charge is 0.208 e. The summed E-state index contributed by atoms with van der Waals surface area (Å²) in [6, 6.07) is 0. The number of nitrogens with zero attached hydrogens (tertiary/aromatic N) is 1. The molecule has 0 aromatic heterocycles. The topological polar surface area (TPSA) is 50.4 Å². The molecule has 0 aromatic carbocycles. The SMILES string of the molecule is NC1(Cl)C=CNC(Cl)=N1. The van der Waals surface area contributed by atoms with Gasteiger partial charge in [-0.15, -0.1) is 0 Å². The van der Waals surface area contributed by atoms with E-state index < -0.39 is 5.12 Å². The Morgan fingerprint density at radius 2 is 2.44 bits per heavy atom. The standard InChI is InChI=1S/C4H5Cl2N3/c5-3-8-2-1-4(6,7)9-3/h1-2H,7H2,(H,8,9). The van der Waals surface area contributed by atoms with E-state index in [-0.39, 0.29) is 5.29 Å². The summed E-state index contributed by atoms with van der Waals surface area (Å²) in [6.07, 6.45) is 3.04. The molecular formula is C4H5Cl2N3. The zero-order chi connectivity index (χ0) is 6.91. The molecule has 1 atom stereocenters. The van der Waals surface area contributed by atoms with Crippen molar-refractivity contribution in [1.29, 1.82) is 0 Å². The highest BCUT2D eigenvalue weighted by Gasteiger charge is 2.18. The molecule has 0 fully saturated rings. The summed E-state index contributed by atoms with van der Waals surface area (Å²) in [6.45, 7) is 0. The van der Waals surface area contributed by atoms with Crippen molar-refractivity contribution in [3.63, 3.8) is 0 Å². The first-order valence-corrected chi connectivity index (χ1v) is 3.03. The first-order valence-electron chi connectivity index (χ1n) is 2.27. The third kappa shape index (κ3) is 1.86. The van der Waals surface area contributed by atoms with Gasteiger partial charge in [0.05, 0.1) is 0 Å². The number of hydrogen-bond acceptors (Lipinski definition) is 3. The van der Waals surface area contributed by atoms with Crippen LogP contribution in [0, 0.1) is 0 Å². The summed E-state index contributed by atoms with van der Waals surface area (Å²) in [4.78, 5) is 3.64. The average molecular weight is 166 g/mol. The van der Waals surface area contributed by atoms with Crippen LogP contribution < -0.4 is 11.1 Å². The van der Waals surface area contributed by atoms with Crippen LogP contribution in [0.25, 0.3) is 0 Å². The molecule has 0 amide bonds. The number of amidine groups is 1. The van der Waals surface area contributed by atoms with Crippen LogP contribution in [0.5, 0.6) is 0 Å². The van der Waals surface area contributed by atoms with E-state index in [9.17, 15) is 0 Å². The second kappa shape index (κ2) is 2.17. The predicted molar refractivity (Wildman–Crippen MR) is 38.3 cm³/mol. The van der Waals surface area contributed by atoms with Crippen molar-refractivity contribution in [3.05, 3.63) is 12.3 Å². The van der Waals surface area contributed by atoms with Crippen molar-refractivity contribution < 1.29 is 0 Å². The number of alkyl halides is 1. The van der Waals surface area contributed by atoms with Crippen LogP contribution >= 0.6 is 23.2 Å². The molecule has 9 heavy (non-hydrogen) atoms. The van der Waals surface area contributed by atoms with E-state index in [0.29, 0.717) is 0 Å². The second-order valence-electron chi connectivity index (χ2n) is 1.61. The lowest BCUT2D eigenvalue weighted by molar-refractivity contribution is 0.767. The monoisotopic (exact) mass is 165 g/mol. The first kappa shape index (κ1) is 6.86. The highest BCUT2D eigenvalue weighted by Crippen LogP contribution is 2.13. The number of halogens is 2. The lowest BCUT2D eigenvalue weighted by atomic mass is 10.4. The molecule has 50 valence electrons. The zero-order valence-electron chi connectivity index (χ0n) is 4.44. The Labute approximate surface area is 62.5 Å². The largest absolute Gasteiger partial charge is 0.337 e. The number of hydrogen-bond donors (Lipinski definition) is 2. The molecular weight excluding hydrogens is 161 g/mol. The Balaban J connectivity index is 2.78. The van der Waals surface area contributed by atoms with Crippen LogP contribution in [-0.4, -0.2) is 10.4 Å². The van der Waals surface area contributed by atoms with Crippen molar-refractivity contribution in [1.82, 2.24) is 5.32 Å². The van der Waals surface area contributed by atoms with Crippen molar-refractivity contribution >= 4 is 28.5 Å². The van der Waals surface area contributed by atoms with E-state index in [4.69, 9.17) is 28.9 Å². The molecule has 0 bridgehead atoms. The summed E-state index contributed by atoms with van der Waals surface area (Å²) in [5, 5.41) is 1.65. The average Bonchev–Trinajstić information content (AvgIpc) is 1.60. The van der Waals surface area contributed by atoms with Crippen molar-refractivity contribution in [2.75, 3.05) is 0 Å². The van der Waals surface area contributed by atoms with Crippen LogP contribution in [0.15, 0.2) is 17.3 Å². The summed E-state index contributed by atoms with van der Waals surface area (Å²) in [7, 11) is 0. The molecule has 5 heteroatoms. The number of nitrogens with two attached hydrogens (primary N) is 1. The van der Waals surface area contributed by atoms with Crippen LogP contribution in [0.1, 0.15) is 0 Å². The summed E-state index contributed by atoms with van der Waals surface area (Å²) in [5.74, 6) is 0. The summed E-state index contributed by atoms with van der Waals surface area (Å²) < 4.78 is 0. The zero-order valence-corrected chi connectivity index (χ0v) is 5.95. The third-order valence-electron chi connectivity index (χ3n) is 0.789. The van der Waals surface area contributed by atoms with Crippen LogP contribution in [0.4, 0.5) is 0 Å². The number of rotatable bonds is 0. The van der Waals surface area contributed by atoms with Gasteiger partial charge in [0.25, 0.3) is 0 Å². The molecule has 3 nitrogen and oxygen atoms in total. The number of aliphatic imine (C=N–C) groups is 1. The fourth-order valence-corrected chi connectivity index (χ4v) is 0.841. The van der Waals surface area contributed by atoms with Crippen molar-refractivity contribution in [3.8, 4) is 0 Å². The minimum atomic E-state index is -1.16. The van der Waals surface area contributed by atoms with Gasteiger partial charge in [0, 0.05) is 6.20 Å². The van der Waals surface area contributed by atoms with Crippen LogP contribution in [-0.2, 0) is 0 Å². The van der Waals surface area contributed by atoms with E-state index in [0.717, 1.165) is 0 Å². The van der Waals surface area contributed by atoms with Gasteiger partial charge in [-0.05, 0) is 17.7 Å². The van der Waals surface area contributed by atoms with Gasteiger partial charge in [-0.3, -0.25) is 5.73 Å². The Morgan fingerprint density at radius 1 is 1.78 bits per heavy atom. The molecule has 3 N–H and O–H groups in total. The molecule has 1 aliphatic heterocycles. The summed E-state index contributed by atoms with van der Waals surface area (Å²) in [5.41, 5.74) is 5.33. The van der Waals surface area contributed by atoms with Gasteiger partial charge in [-0.1, -0.05) is 11.6 Å². The lowest BCUT2D eigenvalue weighted by Crippen LogP contribution is -2.34. The Bertz CT molecular complexity index is 173. The van der Waals surface area contributed by atoms with Gasteiger partial charge in [0.2, 0.25) is 5.12 Å². The van der Waals surface area contributed by atoms with E-state index in [1.807, 2.05) is 0 Å². The lowest BCUT2D eigenvalue weighted by Gasteiger charge is -2.15. The van der Waals surface area contributed by atoms with E-state index in [2.05, 4.69) is 10.3 Å². The van der Waals surface area contributed by atoms with Crippen molar-refractivity contribution in [2.45, 2.75) is 5.12 Å². The normalized spacial score (nSPS) is 33.4. The Kier molecular flexibility index (Phi) is 1.66. The first-order chi connectivity index (χ1) is 4.10. The molecule has 0 saturated carbocycles. The highest BCUT2D eigenvalue weighted by molar-refractivity contribution is 6.65. The van der Waals surface area contributed by atoms with Crippen LogP contribution in [0.2, 0.25) is 0 Å². The summed E-state index contributed by atoms with van der Waals surface area (Å²) >= 11 is 11.0. The molecule has 0 aliphatic carbocycles. The maximum Gasteiger partial charge on any atom is 0.208 e. The fraction of sp³-hybridized carbons (Fsp3) is 0.250. The van der Waals surface area contributed by atoms with Gasteiger partial charge in [0.1, 0.15) is 0 Å². The molecule has 0 saturated heterocycles. The molecule has 1 unspecified atom stereocenters. The van der Waals surface area contributed by atoms with E-state index in [1.54, 1.807) is 6.20 Å². The van der Waals surface area contributed by atoms with Gasteiger partial charge >= 0.3 is 0 Å². The second-order valence-corrected chi connectivity index (χ2v) is 2.57. The van der Waals surface area contributed by atoms with Gasteiger partial charge in [-0.25, -0.2) is 4.99 Å². The minimum absolute atomic E-state index is 0.204. The molecule has 1 aliphatic rings. The number of nitrogens with one attached hydrogen (secondary N) is 1. The predicted octanol–water partition coefficient (Wildman–Crippen LogP) is 0.549. The maximum atomic E-state index is 5.55. The molecule has 0 aromatic rings. The molecule has 0 spiro atoms. The fourth-order valence-electron chi connectivity index (χ4n) is 0.447. The van der Waals surface area contributed by atoms with Gasteiger partial charge in [-0.2, -0.15) is 0 Å². The quantitative estimate of drug-likeness (QED) is 0.407. The van der Waals surface area contributed by atoms with E-state index in [1.165, 1.54) is 6.08 Å². The Hall–Kier alpha value is -0.250. The highest BCUT2D eigenvalue weighted by atomic mass is 35.5. The van der Waals surface area contributed by atoms with Gasteiger partial charge in [0.15, 0.2) is 5.29 Å². The molecule has 1 heterocycles. The Morgan fingerprint density at radius 3 is 2.78 bits per heavy atom. The molecule has 1 rings (SSSR count). The van der Waals surface area contributed by atoms with E-state index >= 15 is 0 Å². The van der Waals surface area contributed by atoms with Crippen molar-refractivity contribution in [2.24, 2.45) is 10.7 Å². The molecule has 0 radical (unpaired) electrons. The maximum absolute atomic E-state index is 5.55. The van der Waals surface area contributed by atoms with Crippen LogP contribution in [0.3, 0.4) is 0 Å². The third-order valence-corrected chi connectivity index (χ3v) is 1.19. The minimum Gasteiger partial charge on any atom is -0.337 e.